The molecule has 11 heteroatoms. The minimum absolute atomic E-state index is 0.0262. The molecule has 0 aromatic carbocycles. The number of amides is 4. The first-order valence-corrected chi connectivity index (χ1v) is 12.3. The first-order valence-electron chi connectivity index (χ1n) is 10.5. The first-order chi connectivity index (χ1) is 14.2. The Morgan fingerprint density at radius 1 is 1.26 bits per heavy atom. The third-order valence-corrected chi connectivity index (χ3v) is 8.17. The standard InChI is InChI=1S/C20H31N3O7S/c1-13-7-19(2,3)12-20(8-13)17(26)23(18(27)21-20)9-16(25)30-10-15(24)22(4)14-5-6-31(28,29)11-14/h13-14H,5-12H2,1-4H3,(H,21,27)/t13-,14-,20-/m1/s1. The Hall–Kier alpha value is -2.17. The second-order valence-corrected chi connectivity index (χ2v) is 12.2. The lowest BCUT2D eigenvalue weighted by molar-refractivity contribution is -0.154. The Labute approximate surface area is 182 Å². The lowest BCUT2D eigenvalue weighted by atomic mass is 9.64. The Morgan fingerprint density at radius 2 is 1.94 bits per heavy atom. The van der Waals surface area contributed by atoms with Crippen molar-refractivity contribution in [3.63, 3.8) is 0 Å². The summed E-state index contributed by atoms with van der Waals surface area (Å²) in [6.07, 6.45) is 2.30. The molecule has 174 valence electrons. The molecule has 1 N–H and O–H groups in total. The van der Waals surface area contributed by atoms with Crippen molar-refractivity contribution in [2.75, 3.05) is 31.7 Å². The number of urea groups is 1. The highest BCUT2D eigenvalue weighted by Gasteiger charge is 2.56. The molecule has 3 rings (SSSR count). The third-order valence-electron chi connectivity index (χ3n) is 6.42. The van der Waals surface area contributed by atoms with Gasteiger partial charge in [-0.1, -0.05) is 20.8 Å². The van der Waals surface area contributed by atoms with Gasteiger partial charge in [0, 0.05) is 13.1 Å². The molecule has 2 heterocycles. The van der Waals surface area contributed by atoms with Crippen molar-refractivity contribution in [2.24, 2.45) is 11.3 Å². The first kappa shape index (κ1) is 23.5. The van der Waals surface area contributed by atoms with Gasteiger partial charge in [0.2, 0.25) is 0 Å². The molecule has 2 aliphatic heterocycles. The van der Waals surface area contributed by atoms with Gasteiger partial charge in [-0.3, -0.25) is 19.3 Å². The minimum Gasteiger partial charge on any atom is -0.454 e. The van der Waals surface area contributed by atoms with Crippen molar-refractivity contribution in [3.8, 4) is 0 Å². The van der Waals surface area contributed by atoms with E-state index in [1.165, 1.54) is 11.9 Å². The van der Waals surface area contributed by atoms with Crippen LogP contribution in [0.15, 0.2) is 0 Å². The lowest BCUT2D eigenvalue weighted by Crippen LogP contribution is -2.54. The Morgan fingerprint density at radius 3 is 2.52 bits per heavy atom. The Kier molecular flexibility index (Phi) is 6.11. The van der Waals surface area contributed by atoms with Crippen LogP contribution in [0.25, 0.3) is 0 Å². The number of nitrogens with one attached hydrogen (secondary N) is 1. The van der Waals surface area contributed by atoms with Crippen molar-refractivity contribution in [3.05, 3.63) is 0 Å². The molecular weight excluding hydrogens is 426 g/mol. The largest absolute Gasteiger partial charge is 0.454 e. The summed E-state index contributed by atoms with van der Waals surface area (Å²) in [7, 11) is -1.68. The fourth-order valence-electron chi connectivity index (χ4n) is 5.35. The van der Waals surface area contributed by atoms with Gasteiger partial charge >= 0.3 is 12.0 Å². The number of ether oxygens (including phenoxy) is 1. The number of nitrogens with zero attached hydrogens (tertiary/aromatic N) is 2. The van der Waals surface area contributed by atoms with E-state index in [0.717, 1.165) is 11.3 Å². The van der Waals surface area contributed by atoms with E-state index in [1.807, 2.05) is 6.92 Å². The number of rotatable bonds is 5. The number of carbonyl (C=O) groups is 4. The summed E-state index contributed by atoms with van der Waals surface area (Å²) >= 11 is 0. The van der Waals surface area contributed by atoms with Crippen molar-refractivity contribution >= 4 is 33.7 Å². The van der Waals surface area contributed by atoms with Crippen LogP contribution in [-0.2, 0) is 29.0 Å². The zero-order chi connectivity index (χ0) is 23.2. The maximum atomic E-state index is 13.0. The van der Waals surface area contributed by atoms with Crippen LogP contribution >= 0.6 is 0 Å². The van der Waals surface area contributed by atoms with E-state index in [2.05, 4.69) is 19.2 Å². The summed E-state index contributed by atoms with van der Waals surface area (Å²) < 4.78 is 28.1. The number of carbonyl (C=O) groups excluding carboxylic acids is 4. The van der Waals surface area contributed by atoms with Gasteiger partial charge in [-0.25, -0.2) is 13.2 Å². The molecule has 1 spiro atoms. The SMILES string of the molecule is C[C@@H]1CC(C)(C)C[C@@]2(C1)NC(=O)N(CC(=O)OCC(=O)N(C)[C@@H]1CCS(=O)(=O)C1)C2=O. The molecule has 1 aliphatic carbocycles. The monoisotopic (exact) mass is 457 g/mol. The van der Waals surface area contributed by atoms with Crippen molar-refractivity contribution < 1.29 is 32.3 Å². The smallest absolute Gasteiger partial charge is 0.326 e. The molecule has 10 nitrogen and oxygen atoms in total. The van der Waals surface area contributed by atoms with Gasteiger partial charge in [0.15, 0.2) is 16.4 Å². The number of hydrogen-bond donors (Lipinski definition) is 1. The van der Waals surface area contributed by atoms with Gasteiger partial charge in [-0.2, -0.15) is 0 Å². The molecule has 0 unspecified atom stereocenters. The van der Waals surface area contributed by atoms with E-state index < -0.39 is 58.4 Å². The molecule has 3 atom stereocenters. The minimum atomic E-state index is -3.15. The predicted molar refractivity (Wildman–Crippen MR) is 111 cm³/mol. The quantitative estimate of drug-likeness (QED) is 0.464. The number of sulfone groups is 1. The highest BCUT2D eigenvalue weighted by molar-refractivity contribution is 7.91. The fourth-order valence-corrected chi connectivity index (χ4v) is 7.13. The van der Waals surface area contributed by atoms with Gasteiger partial charge in [-0.15, -0.1) is 0 Å². The molecule has 0 radical (unpaired) electrons. The normalized spacial score (nSPS) is 31.5. The molecule has 3 fully saturated rings. The molecule has 0 bridgehead atoms. The second-order valence-electron chi connectivity index (χ2n) is 9.98. The van der Waals surface area contributed by atoms with E-state index in [-0.39, 0.29) is 22.8 Å². The van der Waals surface area contributed by atoms with Gasteiger partial charge in [-0.05, 0) is 37.0 Å². The van der Waals surface area contributed by atoms with Crippen molar-refractivity contribution in [1.29, 1.82) is 0 Å². The fraction of sp³-hybridized carbons (Fsp3) is 0.800. The van der Waals surface area contributed by atoms with E-state index in [9.17, 15) is 27.6 Å². The number of likely N-dealkylation sites (N-methyl/N-ethyl adjacent to an activating group) is 1. The Bertz CT molecular complexity index is 900. The number of esters is 1. The second kappa shape index (κ2) is 8.07. The molecule has 3 aliphatic rings. The van der Waals surface area contributed by atoms with Crippen LogP contribution in [0.1, 0.15) is 46.5 Å². The Balaban J connectivity index is 1.55. The summed E-state index contributed by atoms with van der Waals surface area (Å²) in [6.45, 7) is 4.99. The maximum Gasteiger partial charge on any atom is 0.326 e. The van der Waals surface area contributed by atoms with Crippen LogP contribution in [0.3, 0.4) is 0 Å². The summed E-state index contributed by atoms with van der Waals surface area (Å²) in [6, 6.07) is -1.08. The topological polar surface area (TPSA) is 130 Å². The molecule has 4 amide bonds. The predicted octanol–water partition coefficient (Wildman–Crippen LogP) is 0.312. The summed E-state index contributed by atoms with van der Waals surface area (Å²) in [4.78, 5) is 52.1. The molecule has 1 saturated carbocycles. The van der Waals surface area contributed by atoms with E-state index in [0.29, 0.717) is 19.3 Å². The maximum absolute atomic E-state index is 13.0. The summed E-state index contributed by atoms with van der Waals surface area (Å²) in [5.74, 6) is -1.68. The summed E-state index contributed by atoms with van der Waals surface area (Å²) in [5, 5.41) is 2.79. The molecule has 2 saturated heterocycles. The van der Waals surface area contributed by atoms with Crippen LogP contribution in [0.2, 0.25) is 0 Å². The number of imide groups is 1. The van der Waals surface area contributed by atoms with Crippen LogP contribution in [0.5, 0.6) is 0 Å². The van der Waals surface area contributed by atoms with E-state index in [4.69, 9.17) is 4.74 Å². The number of hydrogen-bond acceptors (Lipinski definition) is 7. The third kappa shape index (κ3) is 5.02. The van der Waals surface area contributed by atoms with Gasteiger partial charge in [0.25, 0.3) is 11.8 Å². The zero-order valence-electron chi connectivity index (χ0n) is 18.5. The zero-order valence-corrected chi connectivity index (χ0v) is 19.3. The van der Waals surface area contributed by atoms with E-state index >= 15 is 0 Å². The van der Waals surface area contributed by atoms with Gasteiger partial charge < -0.3 is 15.0 Å². The van der Waals surface area contributed by atoms with Crippen LogP contribution in [0.4, 0.5) is 4.79 Å². The van der Waals surface area contributed by atoms with Crippen molar-refractivity contribution in [2.45, 2.75) is 58.0 Å². The molecule has 0 aromatic heterocycles. The van der Waals surface area contributed by atoms with Crippen LogP contribution < -0.4 is 5.32 Å². The van der Waals surface area contributed by atoms with Crippen molar-refractivity contribution in [1.82, 2.24) is 15.1 Å². The average Bonchev–Trinajstić information content (AvgIpc) is 3.09. The molecule has 0 aromatic rings. The highest BCUT2D eigenvalue weighted by atomic mass is 32.2. The van der Waals surface area contributed by atoms with Gasteiger partial charge in [0.05, 0.1) is 11.5 Å². The molecular formula is C20H31N3O7S. The highest BCUT2D eigenvalue weighted by Crippen LogP contribution is 2.46. The van der Waals surface area contributed by atoms with E-state index in [1.54, 1.807) is 0 Å². The molecule has 31 heavy (non-hydrogen) atoms. The van der Waals surface area contributed by atoms with Gasteiger partial charge in [0.1, 0.15) is 12.1 Å². The van der Waals surface area contributed by atoms with Crippen LogP contribution in [-0.4, -0.2) is 85.3 Å². The van der Waals surface area contributed by atoms with Crippen LogP contribution in [0, 0.1) is 11.3 Å². The average molecular weight is 458 g/mol. The summed E-state index contributed by atoms with van der Waals surface area (Å²) in [5.41, 5.74) is -1.13. The lowest BCUT2D eigenvalue weighted by Gasteiger charge is -2.43.